The predicted octanol–water partition coefficient (Wildman–Crippen LogP) is 2.77. The first-order chi connectivity index (χ1) is 8.24. The molecule has 0 aliphatic carbocycles. The van der Waals surface area contributed by atoms with Gasteiger partial charge in [0, 0.05) is 11.8 Å². The Morgan fingerprint density at radius 1 is 1.24 bits per heavy atom. The van der Waals surface area contributed by atoms with Gasteiger partial charge in [0.05, 0.1) is 18.9 Å². The average Bonchev–Trinajstić information content (AvgIpc) is 2.38. The molecule has 0 aliphatic heterocycles. The summed E-state index contributed by atoms with van der Waals surface area (Å²) in [7, 11) is 1.54. The lowest BCUT2D eigenvalue weighted by molar-refractivity contribution is 0.413. The van der Waals surface area contributed by atoms with Crippen molar-refractivity contribution in [2.75, 3.05) is 7.11 Å². The molecular formula is C13H9FN2O. The fraction of sp³-hybridized carbons (Fsp3) is 0.0769. The molecule has 0 N–H and O–H groups in total. The topological polar surface area (TPSA) is 45.9 Å². The molecule has 0 fully saturated rings. The molecule has 84 valence electrons. The molecule has 0 spiro atoms. The number of nitrogens with zero attached hydrogens (tertiary/aromatic N) is 2. The van der Waals surface area contributed by atoms with Gasteiger partial charge in [0.15, 0.2) is 0 Å². The summed E-state index contributed by atoms with van der Waals surface area (Å²) in [4.78, 5) is 3.99. The Labute approximate surface area is 98.1 Å². The van der Waals surface area contributed by atoms with Crippen LogP contribution in [0.25, 0.3) is 11.1 Å². The van der Waals surface area contributed by atoms with E-state index in [1.165, 1.54) is 12.1 Å². The van der Waals surface area contributed by atoms with E-state index in [-0.39, 0.29) is 5.56 Å². The number of ether oxygens (including phenoxy) is 1. The third-order valence-corrected chi connectivity index (χ3v) is 2.37. The number of aromatic nitrogens is 1. The van der Waals surface area contributed by atoms with Crippen LogP contribution in [0.2, 0.25) is 0 Å². The van der Waals surface area contributed by atoms with Crippen LogP contribution in [0.3, 0.4) is 0 Å². The molecule has 2 rings (SSSR count). The first kappa shape index (κ1) is 11.1. The Hall–Kier alpha value is -2.41. The zero-order valence-electron chi connectivity index (χ0n) is 9.14. The highest BCUT2D eigenvalue weighted by atomic mass is 19.1. The number of halogens is 1. The highest BCUT2D eigenvalue weighted by Gasteiger charge is 2.05. The SMILES string of the molecule is COc1cncc(-c2ccc(C#N)c(F)c2)c1. The number of pyridine rings is 1. The molecule has 0 saturated heterocycles. The number of hydrogen-bond donors (Lipinski definition) is 0. The summed E-state index contributed by atoms with van der Waals surface area (Å²) in [6.07, 6.45) is 3.19. The van der Waals surface area contributed by atoms with E-state index in [1.54, 1.807) is 37.7 Å². The van der Waals surface area contributed by atoms with E-state index in [0.29, 0.717) is 11.3 Å². The van der Waals surface area contributed by atoms with Gasteiger partial charge in [-0.3, -0.25) is 4.98 Å². The number of hydrogen-bond acceptors (Lipinski definition) is 3. The zero-order valence-corrected chi connectivity index (χ0v) is 9.14. The minimum atomic E-state index is -0.534. The molecule has 17 heavy (non-hydrogen) atoms. The Morgan fingerprint density at radius 3 is 2.71 bits per heavy atom. The van der Waals surface area contributed by atoms with E-state index in [9.17, 15) is 4.39 Å². The van der Waals surface area contributed by atoms with Gasteiger partial charge in [0.25, 0.3) is 0 Å². The quantitative estimate of drug-likeness (QED) is 0.793. The molecule has 1 heterocycles. The van der Waals surface area contributed by atoms with Crippen molar-refractivity contribution in [3.05, 3.63) is 48.0 Å². The van der Waals surface area contributed by atoms with Gasteiger partial charge in [-0.2, -0.15) is 5.26 Å². The van der Waals surface area contributed by atoms with Crippen LogP contribution in [0.1, 0.15) is 5.56 Å². The maximum absolute atomic E-state index is 13.4. The predicted molar refractivity (Wildman–Crippen MR) is 60.9 cm³/mol. The second-order valence-electron chi connectivity index (χ2n) is 3.42. The van der Waals surface area contributed by atoms with E-state index in [0.717, 1.165) is 5.56 Å². The van der Waals surface area contributed by atoms with E-state index in [4.69, 9.17) is 10.00 Å². The molecule has 0 atom stereocenters. The van der Waals surface area contributed by atoms with Gasteiger partial charge in [-0.1, -0.05) is 6.07 Å². The second kappa shape index (κ2) is 4.62. The second-order valence-corrected chi connectivity index (χ2v) is 3.42. The van der Waals surface area contributed by atoms with Gasteiger partial charge in [-0.25, -0.2) is 4.39 Å². The Morgan fingerprint density at radius 2 is 2.06 bits per heavy atom. The third-order valence-electron chi connectivity index (χ3n) is 2.37. The molecule has 0 bridgehead atoms. The summed E-state index contributed by atoms with van der Waals surface area (Å²) < 4.78 is 18.5. The van der Waals surface area contributed by atoms with Gasteiger partial charge >= 0.3 is 0 Å². The van der Waals surface area contributed by atoms with Gasteiger partial charge in [0.2, 0.25) is 0 Å². The molecule has 4 heteroatoms. The van der Waals surface area contributed by atoms with Crippen LogP contribution in [0.15, 0.2) is 36.7 Å². The van der Waals surface area contributed by atoms with Crippen molar-refractivity contribution < 1.29 is 9.13 Å². The highest BCUT2D eigenvalue weighted by molar-refractivity contribution is 5.64. The summed E-state index contributed by atoms with van der Waals surface area (Å²) in [6, 6.07) is 7.98. The molecule has 1 aromatic carbocycles. The van der Waals surface area contributed by atoms with Crippen molar-refractivity contribution in [1.29, 1.82) is 5.26 Å². The van der Waals surface area contributed by atoms with Crippen LogP contribution in [0.5, 0.6) is 5.75 Å². The van der Waals surface area contributed by atoms with E-state index in [1.807, 2.05) is 0 Å². The summed E-state index contributed by atoms with van der Waals surface area (Å²) in [5.74, 6) is 0.0695. The van der Waals surface area contributed by atoms with E-state index in [2.05, 4.69) is 4.98 Å². The largest absolute Gasteiger partial charge is 0.495 e. The minimum absolute atomic E-state index is 0.0320. The monoisotopic (exact) mass is 228 g/mol. The van der Waals surface area contributed by atoms with Crippen LogP contribution in [-0.4, -0.2) is 12.1 Å². The molecular weight excluding hydrogens is 219 g/mol. The Balaban J connectivity index is 2.46. The minimum Gasteiger partial charge on any atom is -0.495 e. The van der Waals surface area contributed by atoms with Crippen molar-refractivity contribution in [1.82, 2.24) is 4.98 Å². The van der Waals surface area contributed by atoms with E-state index < -0.39 is 5.82 Å². The van der Waals surface area contributed by atoms with Crippen LogP contribution < -0.4 is 4.74 Å². The van der Waals surface area contributed by atoms with Gasteiger partial charge in [-0.05, 0) is 23.8 Å². The first-order valence-electron chi connectivity index (χ1n) is 4.93. The average molecular weight is 228 g/mol. The van der Waals surface area contributed by atoms with Crippen LogP contribution in [0, 0.1) is 17.1 Å². The molecule has 0 saturated carbocycles. The molecule has 1 aromatic heterocycles. The van der Waals surface area contributed by atoms with Crippen molar-refractivity contribution in [3.8, 4) is 22.9 Å². The first-order valence-corrected chi connectivity index (χ1v) is 4.93. The Bertz CT molecular complexity index is 590. The summed E-state index contributed by atoms with van der Waals surface area (Å²) >= 11 is 0. The highest BCUT2D eigenvalue weighted by Crippen LogP contribution is 2.24. The maximum atomic E-state index is 13.4. The smallest absolute Gasteiger partial charge is 0.141 e. The fourth-order valence-electron chi connectivity index (χ4n) is 1.47. The molecule has 0 unspecified atom stereocenters. The lowest BCUT2D eigenvalue weighted by Crippen LogP contribution is -1.88. The molecule has 0 aliphatic rings. The number of benzene rings is 1. The summed E-state index contributed by atoms with van der Waals surface area (Å²) in [5.41, 5.74) is 1.44. The molecule has 0 radical (unpaired) electrons. The third kappa shape index (κ3) is 2.23. The van der Waals surface area contributed by atoms with Crippen LogP contribution in [0.4, 0.5) is 4.39 Å². The lowest BCUT2D eigenvalue weighted by Gasteiger charge is -2.04. The lowest BCUT2D eigenvalue weighted by atomic mass is 10.1. The Kier molecular flexibility index (Phi) is 3.01. The van der Waals surface area contributed by atoms with Gasteiger partial charge < -0.3 is 4.74 Å². The van der Waals surface area contributed by atoms with Crippen molar-refractivity contribution in [2.24, 2.45) is 0 Å². The van der Waals surface area contributed by atoms with Crippen LogP contribution >= 0.6 is 0 Å². The molecule has 3 nitrogen and oxygen atoms in total. The van der Waals surface area contributed by atoms with Crippen molar-refractivity contribution >= 4 is 0 Å². The summed E-state index contributed by atoms with van der Waals surface area (Å²) in [6.45, 7) is 0. The van der Waals surface area contributed by atoms with Crippen molar-refractivity contribution in [3.63, 3.8) is 0 Å². The zero-order chi connectivity index (χ0) is 12.3. The van der Waals surface area contributed by atoms with Crippen LogP contribution in [-0.2, 0) is 0 Å². The standard InChI is InChI=1S/C13H9FN2O/c1-17-12-4-11(7-16-8-12)9-2-3-10(6-15)13(14)5-9/h2-5,7-8H,1H3. The molecule has 0 amide bonds. The normalized spacial score (nSPS) is 9.71. The number of methoxy groups -OCH3 is 1. The van der Waals surface area contributed by atoms with Gasteiger partial charge in [-0.15, -0.1) is 0 Å². The summed E-state index contributed by atoms with van der Waals surface area (Å²) in [5, 5.41) is 8.64. The number of nitriles is 1. The number of rotatable bonds is 2. The maximum Gasteiger partial charge on any atom is 0.141 e. The van der Waals surface area contributed by atoms with Gasteiger partial charge in [0.1, 0.15) is 17.6 Å². The van der Waals surface area contributed by atoms with Crippen molar-refractivity contribution in [2.45, 2.75) is 0 Å². The fourth-order valence-corrected chi connectivity index (χ4v) is 1.47. The molecule has 2 aromatic rings. The van der Waals surface area contributed by atoms with E-state index >= 15 is 0 Å².